The van der Waals surface area contributed by atoms with Crippen molar-refractivity contribution in [3.63, 3.8) is 0 Å². The van der Waals surface area contributed by atoms with Crippen LogP contribution in [0.3, 0.4) is 0 Å². The van der Waals surface area contributed by atoms with E-state index < -0.39 is 0 Å². The molecule has 4 heteroatoms. The van der Waals surface area contributed by atoms with Crippen LogP contribution >= 0.6 is 12.2 Å². The summed E-state index contributed by atoms with van der Waals surface area (Å²) in [7, 11) is 0. The Morgan fingerprint density at radius 3 is 2.11 bits per heavy atom. The number of nitrogens with two attached hydrogens (primary N) is 1. The van der Waals surface area contributed by atoms with E-state index in [1.807, 2.05) is 18.7 Å². The lowest BCUT2D eigenvalue weighted by molar-refractivity contribution is 0.257. The topological polar surface area (TPSA) is 38.5 Å². The van der Waals surface area contributed by atoms with Gasteiger partial charge in [0.05, 0.1) is 0 Å². The largest absolute Gasteiger partial charge is 0.381 e. The van der Waals surface area contributed by atoms with Gasteiger partial charge < -0.3 is 9.74 Å². The minimum atomic E-state index is 0.361. The van der Waals surface area contributed by atoms with Gasteiger partial charge in [0.1, 0.15) is 0 Å². The number of hydrogen-bond donors (Lipinski definition) is 1. The van der Waals surface area contributed by atoms with Crippen LogP contribution in [0.1, 0.15) is 13.8 Å². The van der Waals surface area contributed by atoms with Crippen LogP contribution in [0.5, 0.6) is 0 Å². The Morgan fingerprint density at radius 1 is 1.56 bits per heavy atom. The van der Waals surface area contributed by atoms with Gasteiger partial charge in [-0.25, -0.2) is 0 Å². The Kier molecular flexibility index (Phi) is 4.35. The van der Waals surface area contributed by atoms with Gasteiger partial charge in [-0.2, -0.15) is 5.90 Å². The standard InChI is InChI=1S/C5H12N2OS/c1-3-7(4-2)5(9)8-6/h3-4,6H2,1-2H3. The summed E-state index contributed by atoms with van der Waals surface area (Å²) in [6.45, 7) is 5.67. The van der Waals surface area contributed by atoms with E-state index in [-0.39, 0.29) is 0 Å². The molecule has 0 aromatic heterocycles. The SMILES string of the molecule is CCN(CC)C(=S)ON. The molecule has 0 radical (unpaired) electrons. The van der Waals surface area contributed by atoms with Crippen molar-refractivity contribution in [2.45, 2.75) is 13.8 Å². The molecular formula is C5H12N2OS. The second-order valence-corrected chi connectivity index (χ2v) is 1.91. The summed E-state index contributed by atoms with van der Waals surface area (Å²) in [5.74, 6) is 4.84. The van der Waals surface area contributed by atoms with E-state index in [1.165, 1.54) is 0 Å². The molecule has 0 aliphatic carbocycles. The maximum absolute atomic E-state index is 4.84. The highest BCUT2D eigenvalue weighted by molar-refractivity contribution is 7.80. The average molecular weight is 148 g/mol. The van der Waals surface area contributed by atoms with Gasteiger partial charge in [-0.1, -0.05) is 0 Å². The fourth-order valence-electron chi connectivity index (χ4n) is 0.556. The van der Waals surface area contributed by atoms with Gasteiger partial charge in [-0.3, -0.25) is 0 Å². The summed E-state index contributed by atoms with van der Waals surface area (Å²) >= 11 is 4.75. The number of nitrogens with zero attached hydrogens (tertiary/aromatic N) is 1. The van der Waals surface area contributed by atoms with Crippen molar-refractivity contribution >= 4 is 17.4 Å². The first-order valence-corrected chi connectivity index (χ1v) is 3.32. The monoisotopic (exact) mass is 148 g/mol. The van der Waals surface area contributed by atoms with Crippen LogP contribution in [-0.4, -0.2) is 23.2 Å². The van der Waals surface area contributed by atoms with Crippen molar-refractivity contribution in [1.29, 1.82) is 0 Å². The van der Waals surface area contributed by atoms with Crippen LogP contribution in [0, 0.1) is 0 Å². The van der Waals surface area contributed by atoms with E-state index >= 15 is 0 Å². The molecule has 54 valence electrons. The predicted octanol–water partition coefficient (Wildman–Crippen LogP) is 0.503. The van der Waals surface area contributed by atoms with Crippen molar-refractivity contribution in [1.82, 2.24) is 4.90 Å². The zero-order chi connectivity index (χ0) is 7.28. The molecule has 0 saturated heterocycles. The number of hydrogen-bond acceptors (Lipinski definition) is 3. The molecule has 0 aliphatic heterocycles. The third-order valence-corrected chi connectivity index (χ3v) is 1.48. The van der Waals surface area contributed by atoms with Crippen molar-refractivity contribution in [2.75, 3.05) is 13.1 Å². The maximum atomic E-state index is 4.84. The molecule has 0 amide bonds. The first-order chi connectivity index (χ1) is 4.26. The third-order valence-electron chi connectivity index (χ3n) is 1.12. The highest BCUT2D eigenvalue weighted by Crippen LogP contribution is 1.89. The zero-order valence-corrected chi connectivity index (χ0v) is 6.57. The smallest absolute Gasteiger partial charge is 0.280 e. The van der Waals surface area contributed by atoms with E-state index in [0.29, 0.717) is 5.17 Å². The molecular weight excluding hydrogens is 136 g/mol. The fraction of sp³-hybridized carbons (Fsp3) is 0.800. The Morgan fingerprint density at radius 2 is 2.00 bits per heavy atom. The second-order valence-electron chi connectivity index (χ2n) is 1.56. The van der Waals surface area contributed by atoms with E-state index in [9.17, 15) is 0 Å². The Balaban J connectivity index is 3.64. The van der Waals surface area contributed by atoms with Gasteiger partial charge in [0.25, 0.3) is 5.17 Å². The molecule has 2 N–H and O–H groups in total. The normalized spacial score (nSPS) is 8.78. The molecule has 0 saturated carbocycles. The fourth-order valence-corrected chi connectivity index (χ4v) is 0.815. The maximum Gasteiger partial charge on any atom is 0.280 e. The summed E-state index contributed by atoms with van der Waals surface area (Å²) in [6.07, 6.45) is 0. The molecule has 0 heterocycles. The molecule has 0 rings (SSSR count). The van der Waals surface area contributed by atoms with Gasteiger partial charge >= 0.3 is 0 Å². The van der Waals surface area contributed by atoms with Gasteiger partial charge in [0.15, 0.2) is 0 Å². The molecule has 0 fully saturated rings. The molecule has 3 nitrogen and oxygen atoms in total. The van der Waals surface area contributed by atoms with Crippen LogP contribution in [0.25, 0.3) is 0 Å². The quantitative estimate of drug-likeness (QED) is 0.457. The number of rotatable bonds is 2. The first-order valence-electron chi connectivity index (χ1n) is 2.91. The van der Waals surface area contributed by atoms with Crippen molar-refractivity contribution in [2.24, 2.45) is 5.90 Å². The predicted molar refractivity (Wildman–Crippen MR) is 40.8 cm³/mol. The van der Waals surface area contributed by atoms with Crippen LogP contribution < -0.4 is 5.90 Å². The lowest BCUT2D eigenvalue weighted by Crippen LogP contribution is -2.32. The molecule has 0 aromatic rings. The van der Waals surface area contributed by atoms with Crippen molar-refractivity contribution in [3.8, 4) is 0 Å². The minimum Gasteiger partial charge on any atom is -0.381 e. The summed E-state index contributed by atoms with van der Waals surface area (Å²) < 4.78 is 0. The average Bonchev–Trinajstić information content (AvgIpc) is 1.90. The molecule has 0 aromatic carbocycles. The summed E-state index contributed by atoms with van der Waals surface area (Å²) in [5.41, 5.74) is 0. The molecule has 0 bridgehead atoms. The summed E-state index contributed by atoms with van der Waals surface area (Å²) in [4.78, 5) is 6.21. The van der Waals surface area contributed by atoms with Gasteiger partial charge in [-0.15, -0.1) is 0 Å². The molecule has 9 heavy (non-hydrogen) atoms. The first kappa shape index (κ1) is 8.65. The highest BCUT2D eigenvalue weighted by Gasteiger charge is 2.02. The van der Waals surface area contributed by atoms with Crippen LogP contribution in [0.4, 0.5) is 0 Å². The Hall–Kier alpha value is -0.350. The molecule has 0 unspecified atom stereocenters. The van der Waals surface area contributed by atoms with Gasteiger partial charge in [0, 0.05) is 13.1 Å². The van der Waals surface area contributed by atoms with E-state index in [4.69, 9.17) is 18.1 Å². The van der Waals surface area contributed by atoms with Crippen LogP contribution in [0.2, 0.25) is 0 Å². The third kappa shape index (κ3) is 2.62. The summed E-state index contributed by atoms with van der Waals surface area (Å²) in [6, 6.07) is 0. The van der Waals surface area contributed by atoms with Crippen molar-refractivity contribution in [3.05, 3.63) is 0 Å². The van der Waals surface area contributed by atoms with Crippen molar-refractivity contribution < 1.29 is 4.84 Å². The lowest BCUT2D eigenvalue weighted by atomic mass is 10.6. The van der Waals surface area contributed by atoms with Crippen LogP contribution in [-0.2, 0) is 4.84 Å². The Labute approximate surface area is 60.7 Å². The summed E-state index contributed by atoms with van der Waals surface area (Å²) in [5, 5.41) is 0.361. The minimum absolute atomic E-state index is 0.361. The zero-order valence-electron chi connectivity index (χ0n) is 5.76. The lowest BCUT2D eigenvalue weighted by Gasteiger charge is -2.18. The molecule has 0 aliphatic rings. The van der Waals surface area contributed by atoms with E-state index in [0.717, 1.165) is 13.1 Å². The van der Waals surface area contributed by atoms with E-state index in [1.54, 1.807) is 0 Å². The Bertz CT molecular complexity index is 93.0. The number of thiocarbonyl (C=S) groups is 1. The highest BCUT2D eigenvalue weighted by atomic mass is 32.1. The molecule has 0 atom stereocenters. The second kappa shape index (κ2) is 4.52. The van der Waals surface area contributed by atoms with E-state index in [2.05, 4.69) is 4.84 Å². The van der Waals surface area contributed by atoms with Gasteiger partial charge in [-0.05, 0) is 26.1 Å². The van der Waals surface area contributed by atoms with Gasteiger partial charge in [0.2, 0.25) is 0 Å². The molecule has 0 spiro atoms. The van der Waals surface area contributed by atoms with Crippen LogP contribution in [0.15, 0.2) is 0 Å².